The first-order valence-electron chi connectivity index (χ1n) is 10.1. The van der Waals surface area contributed by atoms with Gasteiger partial charge >= 0.3 is 0 Å². The number of aryl methyl sites for hydroxylation is 3. The van der Waals surface area contributed by atoms with Crippen molar-refractivity contribution in [2.45, 2.75) is 26.7 Å². The Morgan fingerprint density at radius 3 is 2.47 bits per heavy atom. The average molecular weight is 455 g/mol. The molecule has 7 heteroatoms. The van der Waals surface area contributed by atoms with Gasteiger partial charge in [-0.2, -0.15) is 0 Å². The van der Waals surface area contributed by atoms with Crippen LogP contribution < -0.4 is 15.4 Å². The van der Waals surface area contributed by atoms with Gasteiger partial charge in [-0.3, -0.25) is 9.59 Å². The Hall–Kier alpha value is -3.38. The molecule has 0 radical (unpaired) electrons. The number of nitrogens with one attached hydrogen (secondary N) is 2. The minimum atomic E-state index is -0.732. The molecule has 5 nitrogen and oxygen atoms in total. The second-order valence-electron chi connectivity index (χ2n) is 7.47. The van der Waals surface area contributed by atoms with E-state index in [4.69, 9.17) is 16.3 Å². The number of carbonyl (C=O) groups excluding carboxylic acids is 2. The third-order valence-corrected chi connectivity index (χ3v) is 5.26. The summed E-state index contributed by atoms with van der Waals surface area (Å²) in [6.07, 6.45) is 0.932. The molecule has 0 fully saturated rings. The van der Waals surface area contributed by atoms with E-state index in [1.54, 1.807) is 18.2 Å². The lowest BCUT2D eigenvalue weighted by Gasteiger charge is -2.13. The van der Waals surface area contributed by atoms with Crippen LogP contribution in [0.5, 0.6) is 5.75 Å². The fraction of sp³-hybridized carbons (Fsp3) is 0.200. The van der Waals surface area contributed by atoms with Crippen LogP contribution in [0.1, 0.15) is 33.5 Å². The quantitative estimate of drug-likeness (QED) is 0.465. The highest BCUT2D eigenvalue weighted by molar-refractivity contribution is 6.30. The first-order valence-corrected chi connectivity index (χ1v) is 10.4. The summed E-state index contributed by atoms with van der Waals surface area (Å²) in [5.41, 5.74) is 4.10. The number of anilines is 2. The van der Waals surface area contributed by atoms with Gasteiger partial charge in [0, 0.05) is 17.1 Å². The molecule has 0 spiro atoms. The molecule has 2 amide bonds. The molecular weight excluding hydrogens is 431 g/mol. The largest absolute Gasteiger partial charge is 0.495 e. The molecule has 32 heavy (non-hydrogen) atoms. The predicted molar refractivity (Wildman–Crippen MR) is 125 cm³/mol. The molecule has 0 aliphatic heterocycles. The van der Waals surface area contributed by atoms with E-state index >= 15 is 0 Å². The summed E-state index contributed by atoms with van der Waals surface area (Å²) in [6.45, 7) is 4.06. The van der Waals surface area contributed by atoms with Crippen LogP contribution in [0, 0.1) is 19.7 Å². The van der Waals surface area contributed by atoms with Gasteiger partial charge in [0.2, 0.25) is 5.91 Å². The zero-order chi connectivity index (χ0) is 23.3. The molecule has 2 N–H and O–H groups in total. The Morgan fingerprint density at radius 1 is 1.00 bits per heavy atom. The molecule has 3 aromatic carbocycles. The van der Waals surface area contributed by atoms with Gasteiger partial charge in [-0.25, -0.2) is 4.39 Å². The molecule has 0 heterocycles. The molecule has 0 atom stereocenters. The van der Waals surface area contributed by atoms with Gasteiger partial charge in [-0.05, 0) is 67.8 Å². The van der Waals surface area contributed by atoms with Crippen LogP contribution in [0.4, 0.5) is 15.8 Å². The third-order valence-electron chi connectivity index (χ3n) is 5.03. The van der Waals surface area contributed by atoms with Crippen molar-refractivity contribution in [3.8, 4) is 5.75 Å². The van der Waals surface area contributed by atoms with Crippen LogP contribution >= 0.6 is 11.6 Å². The minimum absolute atomic E-state index is 0.153. The highest BCUT2D eigenvalue weighted by atomic mass is 35.5. The monoisotopic (exact) mass is 454 g/mol. The Balaban J connectivity index is 1.69. The van der Waals surface area contributed by atoms with Crippen LogP contribution in [-0.2, 0) is 11.2 Å². The number of benzene rings is 3. The highest BCUT2D eigenvalue weighted by Gasteiger charge is 2.15. The summed E-state index contributed by atoms with van der Waals surface area (Å²) in [6, 6.07) is 14.8. The van der Waals surface area contributed by atoms with E-state index in [9.17, 15) is 14.0 Å². The molecule has 166 valence electrons. The van der Waals surface area contributed by atoms with E-state index in [-0.39, 0.29) is 16.5 Å². The normalized spacial score (nSPS) is 10.5. The molecule has 0 saturated carbocycles. The van der Waals surface area contributed by atoms with Crippen molar-refractivity contribution in [1.82, 2.24) is 0 Å². The number of hydrogen-bond acceptors (Lipinski definition) is 3. The first-order chi connectivity index (χ1) is 15.3. The fourth-order valence-electron chi connectivity index (χ4n) is 3.34. The van der Waals surface area contributed by atoms with Crippen LogP contribution in [0.15, 0.2) is 54.6 Å². The highest BCUT2D eigenvalue weighted by Crippen LogP contribution is 2.29. The van der Waals surface area contributed by atoms with Crippen LogP contribution in [0.2, 0.25) is 5.02 Å². The lowest BCUT2D eigenvalue weighted by molar-refractivity contribution is -0.116. The van der Waals surface area contributed by atoms with Crippen LogP contribution in [0.3, 0.4) is 0 Å². The Morgan fingerprint density at radius 2 is 1.78 bits per heavy atom. The summed E-state index contributed by atoms with van der Waals surface area (Å²) >= 11 is 5.75. The van der Waals surface area contributed by atoms with Gasteiger partial charge in [0.15, 0.2) is 0 Å². The molecular formula is C25H24ClFN2O3. The number of hydrogen-bond donors (Lipinski definition) is 2. The van der Waals surface area contributed by atoms with E-state index in [0.717, 1.165) is 17.2 Å². The van der Waals surface area contributed by atoms with E-state index in [1.807, 2.05) is 26.0 Å². The Labute approximate surface area is 191 Å². The number of halogens is 2. The number of carbonyl (C=O) groups is 2. The molecule has 0 aliphatic rings. The molecule has 3 aromatic rings. The van der Waals surface area contributed by atoms with Crippen molar-refractivity contribution >= 4 is 34.8 Å². The molecule has 3 rings (SSSR count). The topological polar surface area (TPSA) is 67.4 Å². The lowest BCUT2D eigenvalue weighted by Crippen LogP contribution is -2.16. The van der Waals surface area contributed by atoms with Gasteiger partial charge in [-0.1, -0.05) is 35.4 Å². The van der Waals surface area contributed by atoms with Crippen molar-refractivity contribution in [2.75, 3.05) is 17.7 Å². The van der Waals surface area contributed by atoms with Crippen LogP contribution in [-0.4, -0.2) is 18.9 Å². The smallest absolute Gasteiger partial charge is 0.258 e. The molecule has 0 unspecified atom stereocenters. The molecule has 0 saturated heterocycles. The van der Waals surface area contributed by atoms with Gasteiger partial charge in [0.05, 0.1) is 18.4 Å². The zero-order valence-corrected chi connectivity index (χ0v) is 18.8. The van der Waals surface area contributed by atoms with Gasteiger partial charge in [-0.15, -0.1) is 0 Å². The minimum Gasteiger partial charge on any atom is -0.495 e. The third kappa shape index (κ3) is 5.86. The summed E-state index contributed by atoms with van der Waals surface area (Å²) < 4.78 is 19.4. The summed E-state index contributed by atoms with van der Waals surface area (Å²) in [4.78, 5) is 25.0. The van der Waals surface area contributed by atoms with Crippen LogP contribution in [0.25, 0.3) is 0 Å². The molecule has 0 bridgehead atoms. The van der Waals surface area contributed by atoms with Crippen molar-refractivity contribution in [3.05, 3.63) is 87.7 Å². The van der Waals surface area contributed by atoms with E-state index in [2.05, 4.69) is 16.7 Å². The summed E-state index contributed by atoms with van der Waals surface area (Å²) in [5, 5.41) is 5.65. The molecule has 0 aliphatic carbocycles. The SMILES string of the molecule is COc1ccc(NC(=O)CCc2ccc(C)cc2C)cc1NC(=O)c1ccc(Cl)cc1F. The van der Waals surface area contributed by atoms with E-state index < -0.39 is 11.7 Å². The standard InChI is InChI=1S/C25H24ClFN2O3/c1-15-4-5-17(16(2)12-15)6-11-24(30)28-19-8-10-23(32-3)22(14-19)29-25(31)20-9-7-18(26)13-21(20)27/h4-5,7-10,12-14H,6,11H2,1-3H3,(H,28,30)(H,29,31). The lowest BCUT2D eigenvalue weighted by atomic mass is 10.0. The van der Waals surface area contributed by atoms with Crippen molar-refractivity contribution in [3.63, 3.8) is 0 Å². The second-order valence-corrected chi connectivity index (χ2v) is 7.91. The summed E-state index contributed by atoms with van der Waals surface area (Å²) in [5.74, 6) is -1.17. The Bertz CT molecular complexity index is 1160. The first kappa shape index (κ1) is 23.3. The van der Waals surface area contributed by atoms with Crippen molar-refractivity contribution in [2.24, 2.45) is 0 Å². The number of amides is 2. The number of ether oxygens (including phenoxy) is 1. The zero-order valence-electron chi connectivity index (χ0n) is 18.1. The van der Waals surface area contributed by atoms with Crippen molar-refractivity contribution < 1.29 is 18.7 Å². The van der Waals surface area contributed by atoms with Crippen molar-refractivity contribution in [1.29, 1.82) is 0 Å². The number of rotatable bonds is 7. The fourth-order valence-corrected chi connectivity index (χ4v) is 3.50. The van der Waals surface area contributed by atoms with Gasteiger partial charge in [0.25, 0.3) is 5.91 Å². The summed E-state index contributed by atoms with van der Waals surface area (Å²) in [7, 11) is 1.45. The maximum absolute atomic E-state index is 14.1. The molecule has 0 aromatic heterocycles. The van der Waals surface area contributed by atoms with Gasteiger partial charge in [0.1, 0.15) is 11.6 Å². The maximum Gasteiger partial charge on any atom is 0.258 e. The van der Waals surface area contributed by atoms with E-state index in [0.29, 0.717) is 30.0 Å². The second kappa shape index (κ2) is 10.3. The van der Waals surface area contributed by atoms with Gasteiger partial charge < -0.3 is 15.4 Å². The average Bonchev–Trinajstić information content (AvgIpc) is 2.73. The maximum atomic E-state index is 14.1. The number of methoxy groups -OCH3 is 1. The van der Waals surface area contributed by atoms with E-state index in [1.165, 1.54) is 24.8 Å². The Kier molecular flexibility index (Phi) is 7.49. The predicted octanol–water partition coefficient (Wildman–Crippen LogP) is 5.93.